The number of rotatable bonds is 1. The van der Waals surface area contributed by atoms with Gasteiger partial charge in [-0.05, 0) is 44.0 Å². The number of piperidine rings is 1. The molecule has 27 heavy (non-hydrogen) atoms. The van der Waals surface area contributed by atoms with Crippen LogP contribution in [0.3, 0.4) is 0 Å². The molecule has 2 bridgehead atoms. The maximum atomic E-state index is 13.3. The Kier molecular flexibility index (Phi) is 4.46. The van der Waals surface area contributed by atoms with Gasteiger partial charge in [0.25, 0.3) is 5.91 Å². The maximum Gasteiger partial charge on any atom is 0.264 e. The Bertz CT molecular complexity index is 758. The minimum absolute atomic E-state index is 0.000308. The topological polar surface area (TPSA) is 79.9 Å². The van der Waals surface area contributed by atoms with Gasteiger partial charge in [-0.2, -0.15) is 0 Å². The van der Waals surface area contributed by atoms with Gasteiger partial charge < -0.3 is 25.0 Å². The van der Waals surface area contributed by atoms with Gasteiger partial charge in [0.05, 0.1) is 36.7 Å². The van der Waals surface area contributed by atoms with E-state index in [9.17, 15) is 9.59 Å². The lowest BCUT2D eigenvalue weighted by Gasteiger charge is -2.40. The highest BCUT2D eigenvalue weighted by Gasteiger charge is 2.42. The summed E-state index contributed by atoms with van der Waals surface area (Å²) in [4.78, 5) is 29.3. The van der Waals surface area contributed by atoms with Crippen LogP contribution in [0.15, 0.2) is 6.07 Å². The highest BCUT2D eigenvalue weighted by atomic mass is 32.1. The summed E-state index contributed by atoms with van der Waals surface area (Å²) in [7, 11) is 0. The summed E-state index contributed by atoms with van der Waals surface area (Å²) in [6.45, 7) is 4.41. The maximum absolute atomic E-state index is 13.3. The second kappa shape index (κ2) is 6.84. The number of carbonyl (C=O) groups is 2. The Morgan fingerprint density at radius 3 is 2.96 bits per heavy atom. The minimum atomic E-state index is -0.282. The molecule has 4 aliphatic heterocycles. The van der Waals surface area contributed by atoms with Gasteiger partial charge in [0.1, 0.15) is 5.60 Å². The van der Waals surface area contributed by atoms with Crippen molar-refractivity contribution in [2.45, 2.75) is 30.9 Å². The molecule has 5 rings (SSSR count). The number of amides is 2. The van der Waals surface area contributed by atoms with Crippen molar-refractivity contribution in [2.24, 2.45) is 5.92 Å². The molecule has 0 radical (unpaired) electrons. The number of ether oxygens (including phenoxy) is 2. The van der Waals surface area contributed by atoms with Gasteiger partial charge in [0, 0.05) is 18.0 Å². The first-order valence-electron chi connectivity index (χ1n) is 9.80. The van der Waals surface area contributed by atoms with Gasteiger partial charge in [0.15, 0.2) is 0 Å². The summed E-state index contributed by atoms with van der Waals surface area (Å²) in [6, 6.07) is 1.95. The predicted molar refractivity (Wildman–Crippen MR) is 99.9 cm³/mol. The Labute approximate surface area is 162 Å². The first-order valence-corrected chi connectivity index (χ1v) is 10.6. The number of nitrogens with zero attached hydrogens (tertiary/aromatic N) is 1. The van der Waals surface area contributed by atoms with E-state index in [-0.39, 0.29) is 29.4 Å². The third-order valence-corrected chi connectivity index (χ3v) is 7.47. The van der Waals surface area contributed by atoms with E-state index in [1.54, 1.807) is 11.3 Å². The monoisotopic (exact) mass is 391 g/mol. The predicted octanol–water partition coefficient (Wildman–Crippen LogP) is 0.487. The molecule has 2 amide bonds. The molecule has 8 heteroatoms. The van der Waals surface area contributed by atoms with E-state index in [1.165, 1.54) is 10.4 Å². The lowest BCUT2D eigenvalue weighted by Crippen LogP contribution is -2.44. The zero-order valence-corrected chi connectivity index (χ0v) is 16.1. The average molecular weight is 391 g/mol. The van der Waals surface area contributed by atoms with Crippen molar-refractivity contribution >= 4 is 23.2 Å². The van der Waals surface area contributed by atoms with Crippen LogP contribution in [0.5, 0.6) is 0 Å². The quantitative estimate of drug-likeness (QED) is 0.728. The first kappa shape index (κ1) is 17.6. The molecule has 146 valence electrons. The molecule has 0 unspecified atom stereocenters. The van der Waals surface area contributed by atoms with Crippen LogP contribution in [0.1, 0.15) is 33.0 Å². The van der Waals surface area contributed by atoms with E-state index >= 15 is 0 Å². The number of thiophene rings is 1. The van der Waals surface area contributed by atoms with Crippen LogP contribution < -0.4 is 10.6 Å². The van der Waals surface area contributed by atoms with E-state index in [2.05, 4.69) is 16.7 Å². The summed E-state index contributed by atoms with van der Waals surface area (Å²) in [5.74, 6) is -0.248. The first-order chi connectivity index (χ1) is 13.1. The van der Waals surface area contributed by atoms with E-state index in [0.717, 1.165) is 43.8 Å². The van der Waals surface area contributed by atoms with Gasteiger partial charge >= 0.3 is 0 Å². The van der Waals surface area contributed by atoms with Gasteiger partial charge in [-0.25, -0.2) is 0 Å². The number of hydrogen-bond donors (Lipinski definition) is 2. The van der Waals surface area contributed by atoms with Crippen molar-refractivity contribution < 1.29 is 19.1 Å². The van der Waals surface area contributed by atoms with Crippen molar-refractivity contribution in [1.29, 1.82) is 0 Å². The third kappa shape index (κ3) is 3.08. The summed E-state index contributed by atoms with van der Waals surface area (Å²) in [5, 5.41) is 6.39. The van der Waals surface area contributed by atoms with Crippen LogP contribution in [0.4, 0.5) is 0 Å². The highest BCUT2D eigenvalue weighted by Crippen LogP contribution is 2.44. The van der Waals surface area contributed by atoms with Crippen LogP contribution in [0.2, 0.25) is 0 Å². The highest BCUT2D eigenvalue weighted by molar-refractivity contribution is 7.14. The molecule has 3 saturated heterocycles. The van der Waals surface area contributed by atoms with E-state index < -0.39 is 0 Å². The van der Waals surface area contributed by atoms with Crippen LogP contribution in [-0.2, 0) is 26.3 Å². The SMILES string of the molecule is O=C1N[C@@H]2COC[C@H]1CN(C(=O)c1cc3c(s1)C1(CCNCC1)OCC3)C2. The smallest absolute Gasteiger partial charge is 0.264 e. The van der Waals surface area contributed by atoms with Crippen molar-refractivity contribution in [3.63, 3.8) is 0 Å². The molecule has 5 heterocycles. The Balaban J connectivity index is 1.42. The molecular formula is C19H25N3O4S. The molecule has 0 aliphatic carbocycles. The summed E-state index contributed by atoms with van der Waals surface area (Å²) in [5.41, 5.74) is 1.05. The second-order valence-corrected chi connectivity index (χ2v) is 9.01. The molecular weight excluding hydrogens is 366 g/mol. The lowest BCUT2D eigenvalue weighted by atomic mass is 9.86. The average Bonchev–Trinajstić information content (AvgIpc) is 2.94. The van der Waals surface area contributed by atoms with Crippen LogP contribution in [0, 0.1) is 5.92 Å². The standard InChI is InChI=1S/C19H25N3O4S/c23-17-13-8-22(9-14(21-17)11-25-10-13)18(24)15-7-12-1-6-26-19(16(12)27-15)2-4-20-5-3-19/h7,13-14,20H,1-6,8-11H2,(H,21,23)/t13-,14+/m1/s1. The van der Waals surface area contributed by atoms with Crippen LogP contribution in [0.25, 0.3) is 0 Å². The summed E-state index contributed by atoms with van der Waals surface area (Å²) < 4.78 is 11.8. The molecule has 1 spiro atoms. The van der Waals surface area contributed by atoms with Crippen molar-refractivity contribution in [3.05, 3.63) is 21.4 Å². The number of hydrogen-bond acceptors (Lipinski definition) is 6. The molecule has 0 aromatic carbocycles. The van der Waals surface area contributed by atoms with Gasteiger partial charge in [0.2, 0.25) is 5.91 Å². The molecule has 7 nitrogen and oxygen atoms in total. The van der Waals surface area contributed by atoms with Crippen LogP contribution >= 0.6 is 11.3 Å². The van der Waals surface area contributed by atoms with Crippen molar-refractivity contribution in [3.8, 4) is 0 Å². The molecule has 3 fully saturated rings. The van der Waals surface area contributed by atoms with E-state index in [4.69, 9.17) is 9.47 Å². The van der Waals surface area contributed by atoms with Crippen LogP contribution in [-0.4, -0.2) is 68.8 Å². The zero-order valence-electron chi connectivity index (χ0n) is 15.3. The molecule has 2 N–H and O–H groups in total. The number of nitrogens with one attached hydrogen (secondary N) is 2. The molecule has 4 aliphatic rings. The lowest BCUT2D eigenvalue weighted by molar-refractivity contribution is -0.125. The Morgan fingerprint density at radius 1 is 1.26 bits per heavy atom. The largest absolute Gasteiger partial charge is 0.378 e. The zero-order chi connectivity index (χ0) is 18.4. The molecule has 1 aromatic rings. The molecule has 1 aromatic heterocycles. The van der Waals surface area contributed by atoms with Gasteiger partial charge in [-0.1, -0.05) is 0 Å². The van der Waals surface area contributed by atoms with E-state index in [1.807, 2.05) is 4.90 Å². The minimum Gasteiger partial charge on any atom is -0.378 e. The molecule has 2 atom stereocenters. The fraction of sp³-hybridized carbons (Fsp3) is 0.684. The summed E-state index contributed by atoms with van der Waals surface area (Å²) >= 11 is 1.60. The van der Waals surface area contributed by atoms with Gasteiger partial charge in [-0.15, -0.1) is 11.3 Å². The van der Waals surface area contributed by atoms with E-state index in [0.29, 0.717) is 26.3 Å². The fourth-order valence-corrected chi connectivity index (χ4v) is 6.06. The normalized spacial score (nSPS) is 29.8. The number of carbonyl (C=O) groups excluding carboxylic acids is 2. The van der Waals surface area contributed by atoms with Gasteiger partial charge in [-0.3, -0.25) is 9.59 Å². The number of fused-ring (bicyclic) bond motifs is 5. The molecule has 0 saturated carbocycles. The fourth-order valence-electron chi connectivity index (χ4n) is 4.68. The second-order valence-electron chi connectivity index (χ2n) is 7.96. The van der Waals surface area contributed by atoms with Crippen molar-refractivity contribution in [1.82, 2.24) is 15.5 Å². The summed E-state index contributed by atoms with van der Waals surface area (Å²) in [6.07, 6.45) is 2.78. The van der Waals surface area contributed by atoms with Crippen molar-refractivity contribution in [2.75, 3.05) is 46.0 Å². The Morgan fingerprint density at radius 2 is 2.11 bits per heavy atom. The Hall–Kier alpha value is -1.48. The third-order valence-electron chi connectivity index (χ3n) is 6.12.